The number of hydrogen-bond donors (Lipinski definition) is 1. The van der Waals surface area contributed by atoms with E-state index in [0.29, 0.717) is 0 Å². The van der Waals surface area contributed by atoms with Crippen molar-refractivity contribution >= 4 is 11.3 Å². The molecule has 0 aromatic carbocycles. The minimum absolute atomic E-state index is 0.929. The van der Waals surface area contributed by atoms with E-state index in [1.54, 1.807) is 11.3 Å². The molecule has 0 bridgehead atoms. The van der Waals surface area contributed by atoms with Crippen LogP contribution in [0.3, 0.4) is 0 Å². The maximum Gasteiger partial charge on any atom is 0.107 e. The lowest BCUT2D eigenvalue weighted by atomic mass is 10.4. The van der Waals surface area contributed by atoms with E-state index in [2.05, 4.69) is 27.5 Å². The van der Waals surface area contributed by atoms with Crippen LogP contribution in [0.1, 0.15) is 36.9 Å². The predicted octanol–water partition coefficient (Wildman–Crippen LogP) is 2.24. The molecular formula is C12H21N3S. The summed E-state index contributed by atoms with van der Waals surface area (Å²) in [6.07, 6.45) is 3.90. The molecule has 0 amide bonds. The second-order valence-corrected chi connectivity index (χ2v) is 5.34. The van der Waals surface area contributed by atoms with Crippen LogP contribution >= 0.6 is 11.3 Å². The van der Waals surface area contributed by atoms with Gasteiger partial charge >= 0.3 is 0 Å². The summed E-state index contributed by atoms with van der Waals surface area (Å²) in [6.45, 7) is 7.75. The molecule has 1 aliphatic heterocycles. The standard InChI is InChI=1S/C12H21N3S/c1-2-5-13-8-12-14-11(10-16-12)9-15-6-3-4-7-15/h10,13H,2-9H2,1H3. The van der Waals surface area contributed by atoms with Crippen LogP contribution in [0.5, 0.6) is 0 Å². The molecule has 1 aliphatic rings. The van der Waals surface area contributed by atoms with Crippen molar-refractivity contribution in [3.05, 3.63) is 16.1 Å². The predicted molar refractivity (Wildman–Crippen MR) is 68.6 cm³/mol. The molecule has 1 N–H and O–H groups in total. The number of aromatic nitrogens is 1. The first-order chi connectivity index (χ1) is 7.88. The van der Waals surface area contributed by atoms with Gasteiger partial charge in [0.25, 0.3) is 0 Å². The third kappa shape index (κ3) is 3.54. The summed E-state index contributed by atoms with van der Waals surface area (Å²) in [5.41, 5.74) is 1.25. The molecule has 0 saturated carbocycles. The van der Waals surface area contributed by atoms with Crippen molar-refractivity contribution in [2.24, 2.45) is 0 Å². The van der Waals surface area contributed by atoms with Crippen molar-refractivity contribution in [2.45, 2.75) is 39.3 Å². The topological polar surface area (TPSA) is 28.2 Å². The van der Waals surface area contributed by atoms with Crippen LogP contribution in [0.4, 0.5) is 0 Å². The van der Waals surface area contributed by atoms with Gasteiger partial charge in [-0.1, -0.05) is 6.92 Å². The van der Waals surface area contributed by atoms with Gasteiger partial charge in [0.2, 0.25) is 0 Å². The Balaban J connectivity index is 1.77. The molecule has 0 aliphatic carbocycles. The zero-order chi connectivity index (χ0) is 11.2. The monoisotopic (exact) mass is 239 g/mol. The second kappa shape index (κ2) is 6.33. The summed E-state index contributed by atoms with van der Waals surface area (Å²) in [5.74, 6) is 0. The van der Waals surface area contributed by atoms with E-state index >= 15 is 0 Å². The fourth-order valence-electron chi connectivity index (χ4n) is 2.04. The molecule has 4 heteroatoms. The van der Waals surface area contributed by atoms with Crippen LogP contribution in [-0.4, -0.2) is 29.5 Å². The lowest BCUT2D eigenvalue weighted by Crippen LogP contribution is -2.18. The highest BCUT2D eigenvalue weighted by atomic mass is 32.1. The van der Waals surface area contributed by atoms with Gasteiger partial charge < -0.3 is 5.32 Å². The summed E-state index contributed by atoms with van der Waals surface area (Å²) >= 11 is 1.78. The van der Waals surface area contributed by atoms with Crippen molar-refractivity contribution in [1.29, 1.82) is 0 Å². The first kappa shape index (κ1) is 12.0. The molecule has 1 fully saturated rings. The number of rotatable bonds is 6. The quantitative estimate of drug-likeness (QED) is 0.772. The fourth-order valence-corrected chi connectivity index (χ4v) is 2.80. The molecule has 2 rings (SSSR count). The molecule has 0 radical (unpaired) electrons. The zero-order valence-corrected chi connectivity index (χ0v) is 10.9. The minimum Gasteiger partial charge on any atom is -0.310 e. The molecule has 3 nitrogen and oxygen atoms in total. The summed E-state index contributed by atoms with van der Waals surface area (Å²) in [7, 11) is 0. The van der Waals surface area contributed by atoms with E-state index in [-0.39, 0.29) is 0 Å². The summed E-state index contributed by atoms with van der Waals surface area (Å²) < 4.78 is 0. The average molecular weight is 239 g/mol. The number of nitrogens with one attached hydrogen (secondary N) is 1. The first-order valence-corrected chi connectivity index (χ1v) is 7.13. The lowest BCUT2D eigenvalue weighted by Gasteiger charge is -2.11. The van der Waals surface area contributed by atoms with Gasteiger partial charge in [0.15, 0.2) is 0 Å². The SMILES string of the molecule is CCCNCc1nc(CN2CCCC2)cs1. The van der Waals surface area contributed by atoms with Crippen molar-refractivity contribution in [3.63, 3.8) is 0 Å². The largest absolute Gasteiger partial charge is 0.310 e. The molecule has 0 unspecified atom stereocenters. The van der Waals surface area contributed by atoms with E-state index < -0.39 is 0 Å². The Bertz CT molecular complexity index is 305. The third-order valence-electron chi connectivity index (χ3n) is 2.89. The van der Waals surface area contributed by atoms with Crippen molar-refractivity contribution in [3.8, 4) is 0 Å². The van der Waals surface area contributed by atoms with E-state index in [1.165, 1.54) is 43.1 Å². The molecule has 90 valence electrons. The molecule has 1 saturated heterocycles. The molecule has 2 heterocycles. The van der Waals surface area contributed by atoms with Gasteiger partial charge in [0, 0.05) is 18.5 Å². The summed E-state index contributed by atoms with van der Waals surface area (Å²) in [5, 5.41) is 6.83. The number of nitrogens with zero attached hydrogens (tertiary/aromatic N) is 2. The molecule has 0 spiro atoms. The van der Waals surface area contributed by atoms with Gasteiger partial charge in [-0.2, -0.15) is 0 Å². The van der Waals surface area contributed by atoms with Gasteiger partial charge in [-0.05, 0) is 38.9 Å². The fraction of sp³-hybridized carbons (Fsp3) is 0.750. The second-order valence-electron chi connectivity index (χ2n) is 4.39. The highest BCUT2D eigenvalue weighted by Gasteiger charge is 2.13. The normalized spacial score (nSPS) is 17.1. The number of hydrogen-bond acceptors (Lipinski definition) is 4. The zero-order valence-electron chi connectivity index (χ0n) is 10.0. The Morgan fingerprint density at radius 1 is 1.44 bits per heavy atom. The molecular weight excluding hydrogens is 218 g/mol. The summed E-state index contributed by atoms with van der Waals surface area (Å²) in [6, 6.07) is 0. The van der Waals surface area contributed by atoms with E-state index in [1.807, 2.05) is 0 Å². The number of likely N-dealkylation sites (tertiary alicyclic amines) is 1. The maximum atomic E-state index is 4.66. The van der Waals surface area contributed by atoms with Gasteiger partial charge in [-0.3, -0.25) is 4.90 Å². The van der Waals surface area contributed by atoms with Crippen LogP contribution < -0.4 is 5.32 Å². The van der Waals surface area contributed by atoms with Crippen LogP contribution in [0.25, 0.3) is 0 Å². The van der Waals surface area contributed by atoms with Crippen LogP contribution in [0, 0.1) is 0 Å². The molecule has 16 heavy (non-hydrogen) atoms. The highest BCUT2D eigenvalue weighted by Crippen LogP contribution is 2.15. The molecule has 1 aromatic rings. The van der Waals surface area contributed by atoms with Gasteiger partial charge in [-0.15, -0.1) is 11.3 Å². The lowest BCUT2D eigenvalue weighted by molar-refractivity contribution is 0.327. The maximum absolute atomic E-state index is 4.66. The van der Waals surface area contributed by atoms with E-state index in [0.717, 1.165) is 19.6 Å². The average Bonchev–Trinajstić information content (AvgIpc) is 2.91. The Labute approximate surface area is 102 Å². The third-order valence-corrected chi connectivity index (χ3v) is 3.78. The van der Waals surface area contributed by atoms with Crippen LogP contribution in [0.15, 0.2) is 5.38 Å². The minimum atomic E-state index is 0.929. The van der Waals surface area contributed by atoms with Crippen molar-refractivity contribution < 1.29 is 0 Å². The Morgan fingerprint density at radius 2 is 2.25 bits per heavy atom. The molecule has 1 aromatic heterocycles. The van der Waals surface area contributed by atoms with Gasteiger partial charge in [-0.25, -0.2) is 4.98 Å². The molecule has 0 atom stereocenters. The van der Waals surface area contributed by atoms with Crippen molar-refractivity contribution in [1.82, 2.24) is 15.2 Å². The van der Waals surface area contributed by atoms with E-state index in [9.17, 15) is 0 Å². The van der Waals surface area contributed by atoms with Crippen molar-refractivity contribution in [2.75, 3.05) is 19.6 Å². The van der Waals surface area contributed by atoms with Gasteiger partial charge in [0.05, 0.1) is 5.69 Å². The van der Waals surface area contributed by atoms with Crippen LogP contribution in [0.2, 0.25) is 0 Å². The highest BCUT2D eigenvalue weighted by molar-refractivity contribution is 7.09. The smallest absolute Gasteiger partial charge is 0.107 e. The first-order valence-electron chi connectivity index (χ1n) is 6.25. The van der Waals surface area contributed by atoms with E-state index in [4.69, 9.17) is 0 Å². The Kier molecular flexibility index (Phi) is 4.75. The summed E-state index contributed by atoms with van der Waals surface area (Å²) in [4.78, 5) is 7.16. The number of thiazole rings is 1. The Hall–Kier alpha value is -0.450. The van der Waals surface area contributed by atoms with Crippen LogP contribution in [-0.2, 0) is 13.1 Å². The Morgan fingerprint density at radius 3 is 3.00 bits per heavy atom. The van der Waals surface area contributed by atoms with Gasteiger partial charge in [0.1, 0.15) is 5.01 Å².